The van der Waals surface area contributed by atoms with Gasteiger partial charge in [-0.1, -0.05) is 17.7 Å². The van der Waals surface area contributed by atoms with Gasteiger partial charge >= 0.3 is 0 Å². The lowest BCUT2D eigenvalue weighted by molar-refractivity contribution is 0.183. The van der Waals surface area contributed by atoms with E-state index in [0.717, 1.165) is 5.56 Å². The number of nitrogens with two attached hydrogens (primary N) is 1. The highest BCUT2D eigenvalue weighted by Gasteiger charge is 2.05. The molecular weight excluding hydrogens is 193 g/mol. The van der Waals surface area contributed by atoms with Gasteiger partial charge in [0.2, 0.25) is 0 Å². The second-order valence-electron chi connectivity index (χ2n) is 2.84. The quantitative estimate of drug-likeness (QED) is 0.779. The molecule has 0 aliphatic heterocycles. The van der Waals surface area contributed by atoms with E-state index in [-0.39, 0.29) is 11.6 Å². The van der Waals surface area contributed by atoms with Crippen molar-refractivity contribution >= 4 is 11.6 Å². The summed E-state index contributed by atoms with van der Waals surface area (Å²) in [5.41, 5.74) is 6.01. The van der Waals surface area contributed by atoms with Crippen molar-refractivity contribution in [3.63, 3.8) is 0 Å². The zero-order valence-electron chi connectivity index (χ0n) is 7.00. The van der Waals surface area contributed by atoms with E-state index in [9.17, 15) is 9.50 Å². The minimum Gasteiger partial charge on any atom is -0.391 e. The average molecular weight is 204 g/mol. The van der Waals surface area contributed by atoms with Crippen molar-refractivity contribution in [1.29, 1.82) is 0 Å². The lowest BCUT2D eigenvalue weighted by Crippen LogP contribution is -2.21. The second-order valence-corrected chi connectivity index (χ2v) is 3.25. The Hall–Kier alpha value is -0.640. The third-order valence-electron chi connectivity index (χ3n) is 1.73. The van der Waals surface area contributed by atoms with Gasteiger partial charge in [-0.25, -0.2) is 4.39 Å². The highest BCUT2D eigenvalue weighted by Crippen LogP contribution is 2.16. The van der Waals surface area contributed by atoms with E-state index in [1.807, 2.05) is 0 Å². The molecule has 0 aliphatic rings. The summed E-state index contributed by atoms with van der Waals surface area (Å²) >= 11 is 5.55. The summed E-state index contributed by atoms with van der Waals surface area (Å²) in [7, 11) is 0. The van der Waals surface area contributed by atoms with E-state index in [1.165, 1.54) is 12.1 Å². The van der Waals surface area contributed by atoms with Crippen LogP contribution in [0.15, 0.2) is 18.2 Å². The van der Waals surface area contributed by atoms with Gasteiger partial charge in [-0.2, -0.15) is 0 Å². The maximum Gasteiger partial charge on any atom is 0.141 e. The molecule has 1 aromatic carbocycles. The number of halogens is 2. The fourth-order valence-electron chi connectivity index (χ4n) is 1.02. The first-order chi connectivity index (χ1) is 6.13. The van der Waals surface area contributed by atoms with Crippen molar-refractivity contribution in [2.75, 3.05) is 6.54 Å². The van der Waals surface area contributed by atoms with Crippen LogP contribution in [0.4, 0.5) is 4.39 Å². The van der Waals surface area contributed by atoms with E-state index in [0.29, 0.717) is 6.42 Å². The minimum atomic E-state index is -0.596. The Morgan fingerprint density at radius 3 is 2.77 bits per heavy atom. The van der Waals surface area contributed by atoms with E-state index in [1.54, 1.807) is 6.07 Å². The predicted molar refractivity (Wildman–Crippen MR) is 50.2 cm³/mol. The molecule has 3 N–H and O–H groups in total. The first-order valence-corrected chi connectivity index (χ1v) is 4.33. The van der Waals surface area contributed by atoms with E-state index >= 15 is 0 Å². The number of rotatable bonds is 3. The Balaban J connectivity index is 2.73. The zero-order chi connectivity index (χ0) is 9.84. The maximum atomic E-state index is 12.7. The van der Waals surface area contributed by atoms with Crippen LogP contribution in [0.1, 0.15) is 5.56 Å². The number of aliphatic hydroxyl groups is 1. The molecule has 0 fully saturated rings. The smallest absolute Gasteiger partial charge is 0.141 e. The van der Waals surface area contributed by atoms with E-state index in [2.05, 4.69) is 0 Å². The fourth-order valence-corrected chi connectivity index (χ4v) is 1.23. The number of hydrogen-bond acceptors (Lipinski definition) is 2. The van der Waals surface area contributed by atoms with Crippen molar-refractivity contribution < 1.29 is 9.50 Å². The minimum absolute atomic E-state index is 0.0710. The van der Waals surface area contributed by atoms with Crippen LogP contribution in [-0.4, -0.2) is 17.8 Å². The summed E-state index contributed by atoms with van der Waals surface area (Å²) in [5, 5.41) is 9.28. The molecule has 0 spiro atoms. The van der Waals surface area contributed by atoms with Gasteiger partial charge in [0.05, 0.1) is 11.1 Å². The van der Waals surface area contributed by atoms with Crippen molar-refractivity contribution in [1.82, 2.24) is 0 Å². The first-order valence-electron chi connectivity index (χ1n) is 3.95. The SMILES string of the molecule is NCC(O)Cc1ccc(F)c(Cl)c1. The van der Waals surface area contributed by atoms with Crippen LogP contribution < -0.4 is 5.73 Å². The molecule has 0 bridgehead atoms. The van der Waals surface area contributed by atoms with Crippen LogP contribution >= 0.6 is 11.6 Å². The molecule has 0 heterocycles. The van der Waals surface area contributed by atoms with Gasteiger partial charge in [-0.15, -0.1) is 0 Å². The van der Waals surface area contributed by atoms with Crippen LogP contribution in [0.3, 0.4) is 0 Å². The molecule has 0 radical (unpaired) electrons. The van der Waals surface area contributed by atoms with Crippen LogP contribution in [0.2, 0.25) is 5.02 Å². The van der Waals surface area contributed by atoms with Crippen molar-refractivity contribution in [3.8, 4) is 0 Å². The van der Waals surface area contributed by atoms with Crippen LogP contribution in [0, 0.1) is 5.82 Å². The predicted octanol–water partition coefficient (Wildman–Crippen LogP) is 1.34. The van der Waals surface area contributed by atoms with Gasteiger partial charge in [-0.3, -0.25) is 0 Å². The lowest BCUT2D eigenvalue weighted by atomic mass is 10.1. The molecule has 4 heteroatoms. The summed E-state index contributed by atoms with van der Waals surface area (Å²) in [5.74, 6) is -0.451. The third kappa shape index (κ3) is 2.95. The average Bonchev–Trinajstić information content (AvgIpc) is 2.11. The fraction of sp³-hybridized carbons (Fsp3) is 0.333. The van der Waals surface area contributed by atoms with Crippen molar-refractivity contribution in [3.05, 3.63) is 34.6 Å². The molecule has 0 saturated heterocycles. The standard InChI is InChI=1S/C9H11ClFNO/c10-8-4-6(1-2-9(8)11)3-7(13)5-12/h1-2,4,7,13H,3,5,12H2. The molecule has 1 atom stereocenters. The lowest BCUT2D eigenvalue weighted by Gasteiger charge is -2.07. The highest BCUT2D eigenvalue weighted by atomic mass is 35.5. The molecule has 1 rings (SSSR count). The Bertz CT molecular complexity index is 293. The summed E-state index contributed by atoms with van der Waals surface area (Å²) in [4.78, 5) is 0. The van der Waals surface area contributed by atoms with Crippen LogP contribution in [0.5, 0.6) is 0 Å². The van der Waals surface area contributed by atoms with E-state index < -0.39 is 11.9 Å². The third-order valence-corrected chi connectivity index (χ3v) is 2.02. The molecule has 72 valence electrons. The Kier molecular flexibility index (Phi) is 3.66. The molecule has 0 aromatic heterocycles. The monoisotopic (exact) mass is 203 g/mol. The molecule has 0 amide bonds. The molecule has 2 nitrogen and oxygen atoms in total. The molecule has 1 aromatic rings. The largest absolute Gasteiger partial charge is 0.391 e. The van der Waals surface area contributed by atoms with Gasteiger partial charge in [0.25, 0.3) is 0 Å². The maximum absolute atomic E-state index is 12.7. The molecule has 0 saturated carbocycles. The van der Waals surface area contributed by atoms with Gasteiger partial charge in [-0.05, 0) is 24.1 Å². The van der Waals surface area contributed by atoms with E-state index in [4.69, 9.17) is 17.3 Å². The highest BCUT2D eigenvalue weighted by molar-refractivity contribution is 6.30. The van der Waals surface area contributed by atoms with Gasteiger partial charge in [0, 0.05) is 6.54 Å². The van der Waals surface area contributed by atoms with Crippen LogP contribution in [-0.2, 0) is 6.42 Å². The zero-order valence-corrected chi connectivity index (χ0v) is 7.76. The summed E-state index contributed by atoms with van der Waals surface area (Å²) in [6, 6.07) is 4.36. The number of aliphatic hydroxyl groups excluding tert-OH is 1. The summed E-state index contributed by atoms with van der Waals surface area (Å²) in [6.45, 7) is 0.189. The summed E-state index contributed by atoms with van der Waals surface area (Å²) < 4.78 is 12.7. The van der Waals surface area contributed by atoms with Gasteiger partial charge in [0.1, 0.15) is 5.82 Å². The molecule has 13 heavy (non-hydrogen) atoms. The topological polar surface area (TPSA) is 46.2 Å². The molecular formula is C9H11ClFNO. The second kappa shape index (κ2) is 4.56. The van der Waals surface area contributed by atoms with Gasteiger partial charge in [0.15, 0.2) is 0 Å². The molecule has 1 unspecified atom stereocenters. The Morgan fingerprint density at radius 1 is 1.54 bits per heavy atom. The summed E-state index contributed by atoms with van der Waals surface area (Å²) in [6.07, 6.45) is -0.197. The normalized spacial score (nSPS) is 12.9. The Morgan fingerprint density at radius 2 is 2.23 bits per heavy atom. The van der Waals surface area contributed by atoms with Gasteiger partial charge < -0.3 is 10.8 Å². The van der Waals surface area contributed by atoms with Crippen LogP contribution in [0.25, 0.3) is 0 Å². The number of benzene rings is 1. The Labute approximate surface area is 81.1 Å². The van der Waals surface area contributed by atoms with Crippen molar-refractivity contribution in [2.45, 2.75) is 12.5 Å². The molecule has 0 aliphatic carbocycles. The van der Waals surface area contributed by atoms with Crippen molar-refractivity contribution in [2.24, 2.45) is 5.73 Å². The first kappa shape index (κ1) is 10.4. The number of hydrogen-bond donors (Lipinski definition) is 2.